The summed E-state index contributed by atoms with van der Waals surface area (Å²) in [6.45, 7) is 7.16. The highest BCUT2D eigenvalue weighted by molar-refractivity contribution is 5.26. The third-order valence-electron chi connectivity index (χ3n) is 9.01. The average molecular weight is 438 g/mol. The van der Waals surface area contributed by atoms with E-state index in [1.807, 2.05) is 0 Å². The van der Waals surface area contributed by atoms with E-state index in [1.165, 1.54) is 25.7 Å². The van der Waals surface area contributed by atoms with Crippen molar-refractivity contribution < 1.29 is 19.0 Å². The van der Waals surface area contributed by atoms with E-state index in [9.17, 15) is 19.0 Å². The highest BCUT2D eigenvalue weighted by Crippen LogP contribution is 2.59. The summed E-state index contributed by atoms with van der Waals surface area (Å²) >= 11 is 0. The van der Waals surface area contributed by atoms with Gasteiger partial charge in [-0.2, -0.15) is 0 Å². The Hall–Kier alpha value is -0.780. The summed E-state index contributed by atoms with van der Waals surface area (Å²) < 4.78 is 26.1. The predicted octanol–water partition coefficient (Wildman–Crippen LogP) is 5.18. The summed E-state index contributed by atoms with van der Waals surface area (Å²) in [6, 6.07) is 0. The van der Waals surface area contributed by atoms with Crippen molar-refractivity contribution in [1.29, 1.82) is 0 Å². The number of rotatable bonds is 5. The average Bonchev–Trinajstić information content (AvgIpc) is 3.29. The van der Waals surface area contributed by atoms with E-state index in [1.54, 1.807) is 5.57 Å². The molecule has 7 atom stereocenters. The van der Waals surface area contributed by atoms with Crippen molar-refractivity contribution in [1.82, 2.24) is 4.90 Å². The number of allylic oxidation sites excluding steroid dienone is 3. The molecule has 31 heavy (non-hydrogen) atoms. The Bertz CT molecular complexity index is 681. The van der Waals surface area contributed by atoms with Gasteiger partial charge in [-0.15, -0.1) is 0 Å². The summed E-state index contributed by atoms with van der Waals surface area (Å²) in [5.74, 6) is 1.36. The third-order valence-corrected chi connectivity index (χ3v) is 9.01. The van der Waals surface area contributed by atoms with Crippen LogP contribution in [0.2, 0.25) is 0 Å². The molecule has 0 amide bonds. The van der Waals surface area contributed by atoms with E-state index in [4.69, 9.17) is 0 Å². The molecule has 0 bridgehead atoms. The smallest absolute Gasteiger partial charge is 0.242 e. The lowest BCUT2D eigenvalue weighted by Crippen LogP contribution is -2.39. The van der Waals surface area contributed by atoms with Gasteiger partial charge in [-0.05, 0) is 87.5 Å². The van der Waals surface area contributed by atoms with Gasteiger partial charge in [0.05, 0.1) is 12.2 Å². The van der Waals surface area contributed by atoms with Crippen LogP contribution < -0.4 is 0 Å². The number of likely N-dealkylation sites (tertiary alicyclic amines) is 1. The van der Waals surface area contributed by atoms with Crippen LogP contribution in [0.3, 0.4) is 0 Å². The number of alkyl halides is 2. The number of aliphatic hydroxyl groups excluding tert-OH is 2. The summed E-state index contributed by atoms with van der Waals surface area (Å²) in [7, 11) is 0. The Morgan fingerprint density at radius 3 is 2.55 bits per heavy atom. The molecule has 0 aromatic heterocycles. The maximum Gasteiger partial charge on any atom is 0.242 e. The van der Waals surface area contributed by atoms with E-state index in [2.05, 4.69) is 30.9 Å². The molecule has 1 saturated heterocycles. The van der Waals surface area contributed by atoms with E-state index in [-0.39, 0.29) is 0 Å². The topological polar surface area (TPSA) is 43.7 Å². The molecule has 0 radical (unpaired) electrons. The fraction of sp³-hybridized carbons (Fsp3) is 0.846. The zero-order valence-electron chi connectivity index (χ0n) is 19.3. The predicted molar refractivity (Wildman–Crippen MR) is 120 cm³/mol. The van der Waals surface area contributed by atoms with Crippen LogP contribution in [0, 0.1) is 29.1 Å². The molecule has 5 heteroatoms. The maximum absolute atomic E-state index is 13.1. The van der Waals surface area contributed by atoms with Crippen LogP contribution in [0.1, 0.15) is 71.6 Å². The minimum Gasteiger partial charge on any atom is -0.393 e. The standard InChI is InChI=1S/C26H41F2NO2/c1-17(15-29-11-9-20(16-29)25(27)28)23-7-8-24-19(4-3-10-26(23,24)2)6-5-18-12-21(30)14-22(31)13-18/h5-6,17,20-25,30-31H,3-4,7-16H2,1-2H3/t17-,20-,21-,22+,23+,24-,26+/m0/s1. The molecule has 0 spiro atoms. The van der Waals surface area contributed by atoms with Gasteiger partial charge in [-0.1, -0.05) is 37.1 Å². The van der Waals surface area contributed by atoms with E-state index in [0.29, 0.717) is 55.4 Å². The van der Waals surface area contributed by atoms with Crippen molar-refractivity contribution in [3.63, 3.8) is 0 Å². The van der Waals surface area contributed by atoms with Crippen molar-refractivity contribution in [2.24, 2.45) is 29.1 Å². The fourth-order valence-electron chi connectivity index (χ4n) is 7.51. The van der Waals surface area contributed by atoms with Crippen LogP contribution >= 0.6 is 0 Å². The second-order valence-electron chi connectivity index (χ2n) is 11.2. The van der Waals surface area contributed by atoms with Crippen molar-refractivity contribution in [3.8, 4) is 0 Å². The molecule has 176 valence electrons. The van der Waals surface area contributed by atoms with E-state index < -0.39 is 24.6 Å². The molecule has 3 aliphatic carbocycles. The monoisotopic (exact) mass is 437 g/mol. The Labute approximate surface area is 186 Å². The molecule has 3 saturated carbocycles. The van der Waals surface area contributed by atoms with Gasteiger partial charge >= 0.3 is 0 Å². The molecule has 3 nitrogen and oxygen atoms in total. The summed E-state index contributed by atoms with van der Waals surface area (Å²) in [5.41, 5.74) is 3.01. The number of hydrogen-bond donors (Lipinski definition) is 2. The Morgan fingerprint density at radius 2 is 1.87 bits per heavy atom. The van der Waals surface area contributed by atoms with Crippen LogP contribution in [0.4, 0.5) is 8.78 Å². The zero-order chi connectivity index (χ0) is 22.2. The molecule has 0 aromatic carbocycles. The molecule has 1 heterocycles. The Morgan fingerprint density at radius 1 is 1.13 bits per heavy atom. The van der Waals surface area contributed by atoms with Gasteiger partial charge in [0.2, 0.25) is 6.43 Å². The van der Waals surface area contributed by atoms with Gasteiger partial charge in [0.25, 0.3) is 0 Å². The largest absolute Gasteiger partial charge is 0.393 e. The van der Waals surface area contributed by atoms with Gasteiger partial charge in [-0.25, -0.2) is 8.78 Å². The molecule has 2 N–H and O–H groups in total. The molecular formula is C26H41F2NO2. The second-order valence-corrected chi connectivity index (χ2v) is 11.2. The van der Waals surface area contributed by atoms with Crippen LogP contribution in [-0.4, -0.2) is 53.4 Å². The van der Waals surface area contributed by atoms with Crippen LogP contribution in [0.15, 0.2) is 23.3 Å². The quantitative estimate of drug-likeness (QED) is 0.623. The first kappa shape index (κ1) is 23.4. The molecule has 4 fully saturated rings. The number of aliphatic hydroxyl groups is 2. The van der Waals surface area contributed by atoms with E-state index in [0.717, 1.165) is 25.1 Å². The minimum atomic E-state index is -2.18. The van der Waals surface area contributed by atoms with Gasteiger partial charge < -0.3 is 15.1 Å². The molecule has 1 aliphatic heterocycles. The van der Waals surface area contributed by atoms with Crippen molar-refractivity contribution in [2.75, 3.05) is 19.6 Å². The van der Waals surface area contributed by atoms with Crippen molar-refractivity contribution in [2.45, 2.75) is 90.3 Å². The van der Waals surface area contributed by atoms with Gasteiger partial charge in [0.1, 0.15) is 0 Å². The Kier molecular flexibility index (Phi) is 7.24. The second kappa shape index (κ2) is 9.61. The van der Waals surface area contributed by atoms with Gasteiger partial charge in [-0.3, -0.25) is 0 Å². The van der Waals surface area contributed by atoms with Crippen LogP contribution in [0.5, 0.6) is 0 Å². The number of halogens is 2. The highest BCUT2D eigenvalue weighted by Gasteiger charge is 2.51. The summed E-state index contributed by atoms with van der Waals surface area (Å²) in [4.78, 5) is 2.28. The van der Waals surface area contributed by atoms with Gasteiger partial charge in [0, 0.05) is 19.0 Å². The van der Waals surface area contributed by atoms with E-state index >= 15 is 0 Å². The van der Waals surface area contributed by atoms with Crippen LogP contribution in [-0.2, 0) is 0 Å². The summed E-state index contributed by atoms with van der Waals surface area (Å²) in [6.07, 6.45) is 10.0. The number of nitrogens with zero attached hydrogens (tertiary/aromatic N) is 1. The lowest BCUT2D eigenvalue weighted by molar-refractivity contribution is 0.0609. The maximum atomic E-state index is 13.1. The zero-order valence-corrected chi connectivity index (χ0v) is 19.3. The van der Waals surface area contributed by atoms with Crippen LogP contribution in [0.25, 0.3) is 0 Å². The Balaban J connectivity index is 1.41. The minimum absolute atomic E-state index is 0.301. The third kappa shape index (κ3) is 5.09. The molecule has 4 rings (SSSR count). The number of hydrogen-bond acceptors (Lipinski definition) is 3. The highest BCUT2D eigenvalue weighted by atomic mass is 19.3. The molecule has 0 aromatic rings. The molecule has 0 unspecified atom stereocenters. The normalized spacial score (nSPS) is 43.1. The van der Waals surface area contributed by atoms with Crippen molar-refractivity contribution >= 4 is 0 Å². The first-order valence-electron chi connectivity index (χ1n) is 12.5. The molecular weight excluding hydrogens is 396 g/mol. The lowest BCUT2D eigenvalue weighted by Gasteiger charge is -2.45. The van der Waals surface area contributed by atoms with Gasteiger partial charge in [0.15, 0.2) is 0 Å². The van der Waals surface area contributed by atoms with Crippen molar-refractivity contribution in [3.05, 3.63) is 23.3 Å². The lowest BCUT2D eigenvalue weighted by atomic mass is 9.61. The SMILES string of the molecule is C[C@@H](CN1CC[C@H](C(F)F)C1)[C@H]1CC[C@H]2C(=CC=C3C[C@@H](O)C[C@@H](O)C3)CCC[C@]12C. The first-order chi connectivity index (χ1) is 14.8. The molecule has 4 aliphatic rings. The first-order valence-corrected chi connectivity index (χ1v) is 12.5. The number of fused-ring (bicyclic) bond motifs is 1. The summed E-state index contributed by atoms with van der Waals surface area (Å²) in [5, 5.41) is 19.9. The fourth-order valence-corrected chi connectivity index (χ4v) is 7.51.